The summed E-state index contributed by atoms with van der Waals surface area (Å²) in [6.45, 7) is 5.09. The second-order valence-electron chi connectivity index (χ2n) is 7.42. The Morgan fingerprint density at radius 3 is 2.44 bits per heavy atom. The Hall–Kier alpha value is -1.74. The molecule has 0 spiro atoms. The molecule has 134 valence electrons. The molecule has 0 radical (unpaired) electrons. The molecule has 9 heteroatoms. The standard InChI is InChI=1S/C16H22N6O2S/c1-2-14-17-18-15-5-6-16(19-22(14)15)20-7-11-9-21(10-12(11)8-20)25(23,24)13-3-4-13/h5-6,11-13H,2-4,7-10H2,1H3. The van der Waals surface area contributed by atoms with E-state index in [2.05, 4.69) is 15.1 Å². The lowest BCUT2D eigenvalue weighted by atomic mass is 10.0. The third kappa shape index (κ3) is 2.43. The highest BCUT2D eigenvalue weighted by Gasteiger charge is 2.48. The third-order valence-electron chi connectivity index (χ3n) is 5.71. The zero-order chi connectivity index (χ0) is 17.2. The van der Waals surface area contributed by atoms with Gasteiger partial charge in [0.05, 0.1) is 5.25 Å². The summed E-state index contributed by atoms with van der Waals surface area (Å²) in [6.07, 6.45) is 2.46. The highest BCUT2D eigenvalue weighted by Crippen LogP contribution is 2.38. The lowest BCUT2D eigenvalue weighted by Crippen LogP contribution is -2.35. The van der Waals surface area contributed by atoms with Gasteiger partial charge in [0, 0.05) is 32.6 Å². The highest BCUT2D eigenvalue weighted by molar-refractivity contribution is 7.90. The largest absolute Gasteiger partial charge is 0.355 e. The topological polar surface area (TPSA) is 83.7 Å². The first-order valence-corrected chi connectivity index (χ1v) is 10.5. The van der Waals surface area contributed by atoms with Gasteiger partial charge in [-0.25, -0.2) is 12.7 Å². The summed E-state index contributed by atoms with van der Waals surface area (Å²) in [5, 5.41) is 12.9. The summed E-state index contributed by atoms with van der Waals surface area (Å²) in [7, 11) is -3.04. The van der Waals surface area contributed by atoms with Crippen molar-refractivity contribution in [3.63, 3.8) is 0 Å². The Morgan fingerprint density at radius 2 is 1.80 bits per heavy atom. The van der Waals surface area contributed by atoms with Crippen molar-refractivity contribution < 1.29 is 8.42 Å². The van der Waals surface area contributed by atoms with Crippen LogP contribution in [0.1, 0.15) is 25.6 Å². The van der Waals surface area contributed by atoms with E-state index >= 15 is 0 Å². The van der Waals surface area contributed by atoms with E-state index in [-0.39, 0.29) is 5.25 Å². The van der Waals surface area contributed by atoms with Crippen LogP contribution in [0.5, 0.6) is 0 Å². The molecule has 0 N–H and O–H groups in total. The average Bonchev–Trinajstić information content (AvgIpc) is 3.10. The lowest BCUT2D eigenvalue weighted by molar-refractivity contribution is 0.452. The molecule has 1 aliphatic carbocycles. The molecule has 8 nitrogen and oxygen atoms in total. The van der Waals surface area contributed by atoms with Gasteiger partial charge in [-0.15, -0.1) is 15.3 Å². The van der Waals surface area contributed by atoms with Crippen molar-refractivity contribution in [1.82, 2.24) is 24.1 Å². The van der Waals surface area contributed by atoms with E-state index in [4.69, 9.17) is 5.10 Å². The summed E-state index contributed by atoms with van der Waals surface area (Å²) in [5.74, 6) is 2.58. The summed E-state index contributed by atoms with van der Waals surface area (Å²) in [5.41, 5.74) is 0.765. The van der Waals surface area contributed by atoms with Gasteiger partial charge in [-0.2, -0.15) is 4.52 Å². The number of anilines is 1. The Morgan fingerprint density at radius 1 is 1.08 bits per heavy atom. The Bertz CT molecular complexity index is 908. The van der Waals surface area contributed by atoms with Crippen LogP contribution in [0, 0.1) is 11.8 Å². The molecule has 2 aromatic rings. The molecule has 4 heterocycles. The molecule has 25 heavy (non-hydrogen) atoms. The van der Waals surface area contributed by atoms with Crippen LogP contribution < -0.4 is 4.90 Å². The van der Waals surface area contributed by atoms with E-state index in [1.807, 2.05) is 23.6 Å². The van der Waals surface area contributed by atoms with Crippen molar-refractivity contribution in [2.24, 2.45) is 11.8 Å². The van der Waals surface area contributed by atoms with Crippen molar-refractivity contribution in [3.8, 4) is 0 Å². The van der Waals surface area contributed by atoms with E-state index in [1.165, 1.54) is 0 Å². The summed E-state index contributed by atoms with van der Waals surface area (Å²) >= 11 is 0. The van der Waals surface area contributed by atoms with Gasteiger partial charge in [0.2, 0.25) is 10.0 Å². The smallest absolute Gasteiger partial charge is 0.217 e. The monoisotopic (exact) mass is 362 g/mol. The minimum Gasteiger partial charge on any atom is -0.355 e. The van der Waals surface area contributed by atoms with Crippen LogP contribution in [0.4, 0.5) is 5.82 Å². The van der Waals surface area contributed by atoms with Crippen LogP contribution in [0.15, 0.2) is 12.1 Å². The number of hydrogen-bond acceptors (Lipinski definition) is 6. The predicted molar refractivity (Wildman–Crippen MR) is 92.9 cm³/mol. The quantitative estimate of drug-likeness (QED) is 0.790. The molecular weight excluding hydrogens is 340 g/mol. The molecule has 2 unspecified atom stereocenters. The van der Waals surface area contributed by atoms with E-state index < -0.39 is 10.0 Å². The van der Waals surface area contributed by atoms with Gasteiger partial charge in [-0.1, -0.05) is 6.92 Å². The van der Waals surface area contributed by atoms with Crippen molar-refractivity contribution in [3.05, 3.63) is 18.0 Å². The number of nitrogens with zero attached hydrogens (tertiary/aromatic N) is 6. The van der Waals surface area contributed by atoms with Crippen LogP contribution in [0.2, 0.25) is 0 Å². The number of rotatable bonds is 4. The van der Waals surface area contributed by atoms with Gasteiger partial charge >= 0.3 is 0 Å². The molecular formula is C16H22N6O2S. The van der Waals surface area contributed by atoms with Gasteiger partial charge in [-0.05, 0) is 36.8 Å². The van der Waals surface area contributed by atoms with Crippen LogP contribution >= 0.6 is 0 Å². The van der Waals surface area contributed by atoms with E-state index in [9.17, 15) is 8.42 Å². The van der Waals surface area contributed by atoms with E-state index in [0.29, 0.717) is 24.9 Å². The first kappa shape index (κ1) is 15.5. The van der Waals surface area contributed by atoms with Gasteiger partial charge < -0.3 is 4.90 Å². The first-order valence-electron chi connectivity index (χ1n) is 9.01. The molecule has 3 fully saturated rings. The fourth-order valence-electron chi connectivity index (χ4n) is 4.13. The van der Waals surface area contributed by atoms with Crippen molar-refractivity contribution in [2.45, 2.75) is 31.4 Å². The molecule has 3 aliphatic rings. The Kier molecular flexibility index (Phi) is 3.34. The highest BCUT2D eigenvalue weighted by atomic mass is 32.2. The minimum atomic E-state index is -3.04. The number of fused-ring (bicyclic) bond motifs is 2. The van der Waals surface area contributed by atoms with Crippen molar-refractivity contribution in [1.29, 1.82) is 0 Å². The molecule has 1 saturated carbocycles. The Balaban J connectivity index is 1.34. The van der Waals surface area contributed by atoms with E-state index in [0.717, 1.165) is 49.6 Å². The van der Waals surface area contributed by atoms with Gasteiger partial charge in [-0.3, -0.25) is 0 Å². The Labute approximate surface area is 146 Å². The molecule has 2 aromatic heterocycles. The zero-order valence-electron chi connectivity index (χ0n) is 14.2. The predicted octanol–water partition coefficient (Wildman–Crippen LogP) is 0.547. The number of sulfonamides is 1. The van der Waals surface area contributed by atoms with Gasteiger partial charge in [0.15, 0.2) is 11.5 Å². The first-order chi connectivity index (χ1) is 12.1. The van der Waals surface area contributed by atoms with Crippen molar-refractivity contribution in [2.75, 3.05) is 31.1 Å². The third-order valence-corrected chi connectivity index (χ3v) is 8.04. The maximum Gasteiger partial charge on any atom is 0.217 e. The number of aryl methyl sites for hydroxylation is 1. The van der Waals surface area contributed by atoms with Crippen molar-refractivity contribution >= 4 is 21.5 Å². The average molecular weight is 362 g/mol. The van der Waals surface area contributed by atoms with Crippen LogP contribution in [-0.4, -0.2) is 64.0 Å². The number of aromatic nitrogens is 4. The van der Waals surface area contributed by atoms with Crippen LogP contribution in [0.25, 0.3) is 5.65 Å². The van der Waals surface area contributed by atoms with Gasteiger partial charge in [0.1, 0.15) is 5.82 Å². The maximum absolute atomic E-state index is 12.4. The van der Waals surface area contributed by atoms with Crippen LogP contribution in [0.3, 0.4) is 0 Å². The second kappa shape index (κ2) is 5.38. The zero-order valence-corrected chi connectivity index (χ0v) is 15.1. The molecule has 0 amide bonds. The normalized spacial score (nSPS) is 27.3. The maximum atomic E-state index is 12.4. The lowest BCUT2D eigenvalue weighted by Gasteiger charge is -2.22. The molecule has 2 aliphatic heterocycles. The van der Waals surface area contributed by atoms with E-state index in [1.54, 1.807) is 4.31 Å². The molecule has 5 rings (SSSR count). The fraction of sp³-hybridized carbons (Fsp3) is 0.688. The molecule has 0 bridgehead atoms. The second-order valence-corrected chi connectivity index (χ2v) is 9.63. The minimum absolute atomic E-state index is 0.104. The molecule has 2 saturated heterocycles. The van der Waals surface area contributed by atoms with Crippen LogP contribution in [-0.2, 0) is 16.4 Å². The summed E-state index contributed by atoms with van der Waals surface area (Å²) in [6, 6.07) is 3.94. The summed E-state index contributed by atoms with van der Waals surface area (Å²) < 4.78 is 28.4. The number of hydrogen-bond donors (Lipinski definition) is 0. The summed E-state index contributed by atoms with van der Waals surface area (Å²) in [4.78, 5) is 2.27. The molecule has 0 aromatic carbocycles. The fourth-order valence-corrected chi connectivity index (χ4v) is 6.09. The molecule has 2 atom stereocenters. The SMILES string of the molecule is CCc1nnc2ccc(N3CC4CN(S(=O)(=O)C5CC5)CC4C3)nn12. The van der Waals surface area contributed by atoms with Gasteiger partial charge in [0.25, 0.3) is 0 Å².